The largest absolute Gasteiger partial charge is 0.343 e. The molecule has 0 aromatic heterocycles. The second-order valence-corrected chi connectivity index (χ2v) is 7.98. The Morgan fingerprint density at radius 1 is 1.04 bits per heavy atom. The molecule has 1 N–H and O–H groups in total. The van der Waals surface area contributed by atoms with Gasteiger partial charge in [-0.05, 0) is 69.0 Å². The van der Waals surface area contributed by atoms with E-state index in [9.17, 15) is 9.59 Å². The molecule has 2 saturated heterocycles. The van der Waals surface area contributed by atoms with Gasteiger partial charge in [0.15, 0.2) is 0 Å². The minimum atomic E-state index is 0.0221. The molecule has 2 aliphatic rings. The summed E-state index contributed by atoms with van der Waals surface area (Å²) in [6, 6.07) is 7.60. The van der Waals surface area contributed by atoms with Crippen LogP contribution in [0.5, 0.6) is 0 Å². The Balaban J connectivity index is 1.37. The van der Waals surface area contributed by atoms with Crippen molar-refractivity contribution in [2.24, 2.45) is 5.92 Å². The number of amides is 2. The Bertz CT molecular complexity index is 591. The van der Waals surface area contributed by atoms with Crippen molar-refractivity contribution in [3.8, 4) is 0 Å². The summed E-state index contributed by atoms with van der Waals surface area (Å²) in [7, 11) is 0. The zero-order valence-electron chi connectivity index (χ0n) is 14.5. The Kier molecular flexibility index (Phi) is 6.48. The molecule has 0 aliphatic carbocycles. The van der Waals surface area contributed by atoms with Gasteiger partial charge < -0.3 is 10.2 Å². The number of carbonyl (C=O) groups is 2. The molecular formula is C19H26BrN3O2. The van der Waals surface area contributed by atoms with Crippen LogP contribution < -0.4 is 5.32 Å². The van der Waals surface area contributed by atoms with Crippen molar-refractivity contribution < 1.29 is 9.59 Å². The molecule has 2 amide bonds. The fourth-order valence-corrected chi connectivity index (χ4v) is 3.89. The van der Waals surface area contributed by atoms with Crippen LogP contribution in [-0.2, 0) is 9.59 Å². The van der Waals surface area contributed by atoms with E-state index < -0.39 is 0 Å². The minimum Gasteiger partial charge on any atom is -0.343 e. The number of anilines is 1. The number of halogens is 1. The highest BCUT2D eigenvalue weighted by atomic mass is 79.9. The molecule has 1 aromatic carbocycles. The summed E-state index contributed by atoms with van der Waals surface area (Å²) in [5.74, 6) is 0.816. The molecule has 1 aromatic rings. The van der Waals surface area contributed by atoms with Gasteiger partial charge in [0.25, 0.3) is 0 Å². The van der Waals surface area contributed by atoms with Gasteiger partial charge in [-0.1, -0.05) is 15.9 Å². The number of benzene rings is 1. The highest BCUT2D eigenvalue weighted by Gasteiger charge is 2.25. The van der Waals surface area contributed by atoms with Gasteiger partial charge in [-0.15, -0.1) is 0 Å². The number of rotatable bonds is 5. The summed E-state index contributed by atoms with van der Waals surface area (Å²) in [4.78, 5) is 28.6. The highest BCUT2D eigenvalue weighted by Crippen LogP contribution is 2.22. The fourth-order valence-electron chi connectivity index (χ4n) is 3.63. The maximum atomic E-state index is 12.2. The van der Waals surface area contributed by atoms with Crippen molar-refractivity contribution in [3.63, 3.8) is 0 Å². The highest BCUT2D eigenvalue weighted by molar-refractivity contribution is 9.10. The van der Waals surface area contributed by atoms with Crippen LogP contribution >= 0.6 is 15.9 Å². The summed E-state index contributed by atoms with van der Waals surface area (Å²) in [6.45, 7) is 4.09. The summed E-state index contributed by atoms with van der Waals surface area (Å²) >= 11 is 3.39. The molecule has 2 heterocycles. The van der Waals surface area contributed by atoms with Crippen LogP contribution in [-0.4, -0.2) is 54.3 Å². The van der Waals surface area contributed by atoms with E-state index >= 15 is 0 Å². The lowest BCUT2D eigenvalue weighted by Gasteiger charge is -2.31. The molecule has 6 heteroatoms. The molecule has 25 heavy (non-hydrogen) atoms. The molecule has 2 fully saturated rings. The fraction of sp³-hybridized carbons (Fsp3) is 0.579. The summed E-state index contributed by atoms with van der Waals surface area (Å²) in [6.07, 6.45) is 4.99. The lowest BCUT2D eigenvalue weighted by Crippen LogP contribution is -2.40. The molecule has 2 aliphatic heterocycles. The number of nitrogens with zero attached hydrogens (tertiary/aromatic N) is 2. The predicted molar refractivity (Wildman–Crippen MR) is 102 cm³/mol. The van der Waals surface area contributed by atoms with Crippen LogP contribution in [0.25, 0.3) is 0 Å². The third-order valence-corrected chi connectivity index (χ3v) is 5.65. The standard InChI is InChI=1S/C19H26BrN3O2/c20-16-3-5-17(6-4-16)21-18(24)14-22-11-7-15(8-12-22)13-19(25)23-9-1-2-10-23/h3-6,15H,1-2,7-14H2,(H,21,24). The minimum absolute atomic E-state index is 0.0221. The molecule has 3 rings (SSSR count). The monoisotopic (exact) mass is 407 g/mol. The van der Waals surface area contributed by atoms with E-state index in [1.54, 1.807) is 0 Å². The zero-order chi connectivity index (χ0) is 17.6. The first-order chi connectivity index (χ1) is 12.1. The van der Waals surface area contributed by atoms with E-state index in [1.165, 1.54) is 0 Å². The van der Waals surface area contributed by atoms with Crippen LogP contribution in [0, 0.1) is 5.92 Å². The third-order valence-electron chi connectivity index (χ3n) is 5.12. The van der Waals surface area contributed by atoms with E-state index in [2.05, 4.69) is 26.1 Å². The normalized spacial score (nSPS) is 19.2. The second-order valence-electron chi connectivity index (χ2n) is 7.07. The van der Waals surface area contributed by atoms with Gasteiger partial charge >= 0.3 is 0 Å². The number of carbonyl (C=O) groups excluding carboxylic acids is 2. The van der Waals surface area contributed by atoms with E-state index in [1.807, 2.05) is 29.2 Å². The third kappa shape index (κ3) is 5.54. The maximum Gasteiger partial charge on any atom is 0.238 e. The van der Waals surface area contributed by atoms with Crippen molar-refractivity contribution in [2.45, 2.75) is 32.1 Å². The Morgan fingerprint density at radius 3 is 2.32 bits per heavy atom. The number of nitrogens with one attached hydrogen (secondary N) is 1. The van der Waals surface area contributed by atoms with Gasteiger partial charge in [-0.25, -0.2) is 0 Å². The van der Waals surface area contributed by atoms with Crippen LogP contribution in [0.15, 0.2) is 28.7 Å². The molecule has 136 valence electrons. The van der Waals surface area contributed by atoms with E-state index in [0.29, 0.717) is 24.8 Å². The number of hydrogen-bond donors (Lipinski definition) is 1. The maximum absolute atomic E-state index is 12.2. The van der Waals surface area contributed by atoms with E-state index in [0.717, 1.165) is 62.0 Å². The predicted octanol–water partition coefficient (Wildman–Crippen LogP) is 3.11. The summed E-state index contributed by atoms with van der Waals surface area (Å²) in [5.41, 5.74) is 0.819. The van der Waals surface area contributed by atoms with Gasteiger partial charge in [0.1, 0.15) is 0 Å². The SMILES string of the molecule is O=C(CN1CCC(CC(=O)N2CCCC2)CC1)Nc1ccc(Br)cc1. The number of hydrogen-bond acceptors (Lipinski definition) is 3. The quantitative estimate of drug-likeness (QED) is 0.815. The van der Waals surface area contributed by atoms with Crippen LogP contribution in [0.4, 0.5) is 5.69 Å². The number of likely N-dealkylation sites (tertiary alicyclic amines) is 2. The van der Waals surface area contributed by atoms with Gasteiger partial charge in [0.2, 0.25) is 11.8 Å². The van der Waals surface area contributed by atoms with Crippen LogP contribution in [0.2, 0.25) is 0 Å². The van der Waals surface area contributed by atoms with Gasteiger partial charge in [0, 0.05) is 29.7 Å². The van der Waals surface area contributed by atoms with Crippen LogP contribution in [0.1, 0.15) is 32.1 Å². The molecular weight excluding hydrogens is 382 g/mol. The molecule has 0 radical (unpaired) electrons. The molecule has 0 bridgehead atoms. The van der Waals surface area contributed by atoms with E-state index in [-0.39, 0.29) is 5.91 Å². The Hall–Kier alpha value is -1.40. The van der Waals surface area contributed by atoms with Crippen molar-refractivity contribution in [1.29, 1.82) is 0 Å². The first-order valence-corrected chi connectivity index (χ1v) is 9.95. The van der Waals surface area contributed by atoms with E-state index in [4.69, 9.17) is 0 Å². The number of piperidine rings is 1. The zero-order valence-corrected chi connectivity index (χ0v) is 16.1. The molecule has 5 nitrogen and oxygen atoms in total. The summed E-state index contributed by atoms with van der Waals surface area (Å²) < 4.78 is 0.996. The van der Waals surface area contributed by atoms with Crippen molar-refractivity contribution in [2.75, 3.05) is 38.0 Å². The second kappa shape index (κ2) is 8.81. The lowest BCUT2D eigenvalue weighted by atomic mass is 9.93. The van der Waals surface area contributed by atoms with Crippen molar-refractivity contribution >= 4 is 33.4 Å². The van der Waals surface area contributed by atoms with Gasteiger partial charge in [0.05, 0.1) is 6.54 Å². The Morgan fingerprint density at radius 2 is 1.68 bits per heavy atom. The first-order valence-electron chi connectivity index (χ1n) is 9.16. The molecule has 0 atom stereocenters. The van der Waals surface area contributed by atoms with Gasteiger partial charge in [-0.2, -0.15) is 0 Å². The molecule has 0 unspecified atom stereocenters. The first kappa shape index (κ1) is 18.4. The average molecular weight is 408 g/mol. The van der Waals surface area contributed by atoms with Crippen LogP contribution in [0.3, 0.4) is 0 Å². The topological polar surface area (TPSA) is 52.7 Å². The van der Waals surface area contributed by atoms with Crippen molar-refractivity contribution in [1.82, 2.24) is 9.80 Å². The Labute approximate surface area is 157 Å². The van der Waals surface area contributed by atoms with Gasteiger partial charge in [-0.3, -0.25) is 14.5 Å². The molecule has 0 saturated carbocycles. The average Bonchev–Trinajstić information content (AvgIpc) is 3.13. The lowest BCUT2D eigenvalue weighted by molar-refractivity contribution is -0.131. The smallest absolute Gasteiger partial charge is 0.238 e. The van der Waals surface area contributed by atoms with Crippen molar-refractivity contribution in [3.05, 3.63) is 28.7 Å². The summed E-state index contributed by atoms with van der Waals surface area (Å²) in [5, 5.41) is 2.93. The molecule has 0 spiro atoms.